The molecular formula is C13H14N2O2. The molecule has 3 amide bonds. The summed E-state index contributed by atoms with van der Waals surface area (Å²) >= 11 is 0. The molecule has 2 fully saturated rings. The van der Waals surface area contributed by atoms with E-state index in [4.69, 9.17) is 0 Å². The van der Waals surface area contributed by atoms with Crippen molar-refractivity contribution in [2.24, 2.45) is 0 Å². The van der Waals surface area contributed by atoms with Gasteiger partial charge in [0.25, 0.3) is 5.91 Å². The fourth-order valence-corrected chi connectivity index (χ4v) is 2.90. The van der Waals surface area contributed by atoms with Crippen molar-refractivity contribution in [1.82, 2.24) is 10.6 Å². The van der Waals surface area contributed by atoms with E-state index in [1.54, 1.807) is 0 Å². The quantitative estimate of drug-likeness (QED) is 0.719. The first kappa shape index (κ1) is 10.3. The van der Waals surface area contributed by atoms with Crippen LogP contribution in [0.4, 0.5) is 4.79 Å². The molecule has 4 heteroatoms. The van der Waals surface area contributed by atoms with E-state index >= 15 is 0 Å². The number of carbonyl (C=O) groups is 2. The molecule has 1 spiro atoms. The van der Waals surface area contributed by atoms with Gasteiger partial charge in [-0.2, -0.15) is 0 Å². The van der Waals surface area contributed by atoms with Crippen molar-refractivity contribution in [1.29, 1.82) is 0 Å². The molecule has 1 aliphatic carbocycles. The van der Waals surface area contributed by atoms with E-state index < -0.39 is 5.54 Å². The summed E-state index contributed by atoms with van der Waals surface area (Å²) in [5, 5.41) is 5.11. The Labute approximate surface area is 99.4 Å². The second-order valence-electron chi connectivity index (χ2n) is 4.84. The first-order chi connectivity index (χ1) is 8.20. The number of imide groups is 1. The highest BCUT2D eigenvalue weighted by Crippen LogP contribution is 2.42. The van der Waals surface area contributed by atoms with Crippen LogP contribution in [0.1, 0.15) is 30.7 Å². The molecule has 1 saturated carbocycles. The normalized spacial score (nSPS) is 31.6. The molecule has 2 unspecified atom stereocenters. The fraction of sp³-hybridized carbons (Fsp3) is 0.385. The Morgan fingerprint density at radius 2 is 1.94 bits per heavy atom. The third kappa shape index (κ3) is 1.60. The van der Waals surface area contributed by atoms with Gasteiger partial charge in [0, 0.05) is 0 Å². The van der Waals surface area contributed by atoms with Crippen LogP contribution < -0.4 is 10.6 Å². The van der Waals surface area contributed by atoms with E-state index in [0.29, 0.717) is 12.3 Å². The predicted octanol–water partition coefficient (Wildman–Crippen LogP) is 1.53. The standard InChI is InChI=1S/C13H14N2O2/c16-11-13(15-12(17)14-11)7-6-10(8-13)9-4-2-1-3-5-9/h1-5,10H,6-8H2,(H2,14,15,16,17). The molecule has 2 atom stereocenters. The van der Waals surface area contributed by atoms with Crippen LogP contribution in [-0.4, -0.2) is 17.5 Å². The van der Waals surface area contributed by atoms with Gasteiger partial charge in [-0.3, -0.25) is 10.1 Å². The summed E-state index contributed by atoms with van der Waals surface area (Å²) in [4.78, 5) is 23.0. The fourth-order valence-electron chi connectivity index (χ4n) is 2.90. The molecule has 17 heavy (non-hydrogen) atoms. The Kier molecular flexibility index (Phi) is 2.18. The van der Waals surface area contributed by atoms with Crippen molar-refractivity contribution in [2.75, 3.05) is 0 Å². The SMILES string of the molecule is O=C1NC(=O)C2(CCC(c3ccccc3)C2)N1. The van der Waals surface area contributed by atoms with Crippen molar-refractivity contribution in [3.63, 3.8) is 0 Å². The zero-order valence-electron chi connectivity index (χ0n) is 9.40. The van der Waals surface area contributed by atoms with Crippen LogP contribution in [0.3, 0.4) is 0 Å². The van der Waals surface area contributed by atoms with Gasteiger partial charge in [-0.1, -0.05) is 30.3 Å². The number of hydrogen-bond acceptors (Lipinski definition) is 2. The molecule has 1 heterocycles. The summed E-state index contributed by atoms with van der Waals surface area (Å²) in [5.74, 6) is 0.196. The van der Waals surface area contributed by atoms with Crippen molar-refractivity contribution in [2.45, 2.75) is 30.7 Å². The molecule has 1 saturated heterocycles. The van der Waals surface area contributed by atoms with Gasteiger partial charge in [0.15, 0.2) is 0 Å². The lowest BCUT2D eigenvalue weighted by atomic mass is 9.92. The smallest absolute Gasteiger partial charge is 0.322 e. The zero-order chi connectivity index (χ0) is 11.9. The maximum absolute atomic E-state index is 11.8. The number of carbonyl (C=O) groups excluding carboxylic acids is 2. The summed E-state index contributed by atoms with van der Waals surface area (Å²) in [6.07, 6.45) is 2.37. The van der Waals surface area contributed by atoms with Crippen LogP contribution in [0.5, 0.6) is 0 Å². The lowest BCUT2D eigenvalue weighted by Crippen LogP contribution is -2.44. The maximum Gasteiger partial charge on any atom is 0.322 e. The maximum atomic E-state index is 11.8. The number of nitrogens with one attached hydrogen (secondary N) is 2. The van der Waals surface area contributed by atoms with Crippen LogP contribution in [0.25, 0.3) is 0 Å². The van der Waals surface area contributed by atoms with Crippen molar-refractivity contribution in [3.8, 4) is 0 Å². The van der Waals surface area contributed by atoms with Crippen molar-refractivity contribution < 1.29 is 9.59 Å². The van der Waals surface area contributed by atoms with Crippen LogP contribution in [0, 0.1) is 0 Å². The van der Waals surface area contributed by atoms with Gasteiger partial charge < -0.3 is 5.32 Å². The van der Waals surface area contributed by atoms with Gasteiger partial charge in [-0.15, -0.1) is 0 Å². The molecule has 4 nitrogen and oxygen atoms in total. The minimum absolute atomic E-state index is 0.166. The Bertz CT molecular complexity index is 472. The van der Waals surface area contributed by atoms with Crippen LogP contribution in [0.15, 0.2) is 30.3 Å². The summed E-state index contributed by atoms with van der Waals surface area (Å²) in [6.45, 7) is 0. The highest BCUT2D eigenvalue weighted by atomic mass is 16.2. The third-order valence-electron chi connectivity index (χ3n) is 3.80. The lowest BCUT2D eigenvalue weighted by molar-refractivity contribution is -0.123. The average molecular weight is 230 g/mol. The molecule has 0 bridgehead atoms. The molecule has 3 rings (SSSR count). The predicted molar refractivity (Wildman–Crippen MR) is 62.4 cm³/mol. The number of hydrogen-bond donors (Lipinski definition) is 2. The summed E-state index contributed by atoms with van der Waals surface area (Å²) < 4.78 is 0. The molecular weight excluding hydrogens is 216 g/mol. The molecule has 0 radical (unpaired) electrons. The second-order valence-corrected chi connectivity index (χ2v) is 4.84. The van der Waals surface area contributed by atoms with Crippen LogP contribution in [0.2, 0.25) is 0 Å². The Morgan fingerprint density at radius 3 is 2.59 bits per heavy atom. The zero-order valence-corrected chi connectivity index (χ0v) is 9.40. The first-order valence-electron chi connectivity index (χ1n) is 5.88. The largest absolute Gasteiger partial charge is 0.323 e. The minimum Gasteiger partial charge on any atom is -0.323 e. The molecule has 1 aromatic rings. The van der Waals surface area contributed by atoms with E-state index in [2.05, 4.69) is 22.8 Å². The summed E-state index contributed by atoms with van der Waals surface area (Å²) in [6, 6.07) is 9.81. The molecule has 2 aliphatic rings. The van der Waals surface area contributed by atoms with Crippen molar-refractivity contribution >= 4 is 11.9 Å². The molecule has 1 aliphatic heterocycles. The Morgan fingerprint density at radius 1 is 1.18 bits per heavy atom. The number of rotatable bonds is 1. The summed E-state index contributed by atoms with van der Waals surface area (Å²) in [5.41, 5.74) is 0.593. The average Bonchev–Trinajstić information content (AvgIpc) is 2.86. The first-order valence-corrected chi connectivity index (χ1v) is 5.88. The van der Waals surface area contributed by atoms with Gasteiger partial charge >= 0.3 is 6.03 Å². The Balaban J connectivity index is 1.83. The number of benzene rings is 1. The minimum atomic E-state index is -0.655. The van der Waals surface area contributed by atoms with E-state index in [1.807, 2.05) is 18.2 Å². The summed E-state index contributed by atoms with van der Waals surface area (Å²) in [7, 11) is 0. The second kappa shape index (κ2) is 3.58. The van der Waals surface area contributed by atoms with Gasteiger partial charge in [-0.25, -0.2) is 4.79 Å². The van der Waals surface area contributed by atoms with Gasteiger partial charge in [-0.05, 0) is 30.7 Å². The topological polar surface area (TPSA) is 58.2 Å². The van der Waals surface area contributed by atoms with Crippen molar-refractivity contribution in [3.05, 3.63) is 35.9 Å². The molecule has 1 aromatic carbocycles. The van der Waals surface area contributed by atoms with Crippen LogP contribution >= 0.6 is 0 Å². The third-order valence-corrected chi connectivity index (χ3v) is 3.80. The monoisotopic (exact) mass is 230 g/mol. The molecule has 0 aromatic heterocycles. The van der Waals surface area contributed by atoms with Gasteiger partial charge in [0.05, 0.1) is 0 Å². The molecule has 88 valence electrons. The lowest BCUT2D eigenvalue weighted by Gasteiger charge is -2.19. The van der Waals surface area contributed by atoms with E-state index in [9.17, 15) is 9.59 Å². The van der Waals surface area contributed by atoms with Crippen LogP contribution in [-0.2, 0) is 4.79 Å². The van der Waals surface area contributed by atoms with Gasteiger partial charge in [0.2, 0.25) is 0 Å². The number of urea groups is 1. The Hall–Kier alpha value is -1.84. The highest BCUT2D eigenvalue weighted by molar-refractivity contribution is 6.07. The molecule has 2 N–H and O–H groups in total. The van der Waals surface area contributed by atoms with E-state index in [1.165, 1.54) is 5.56 Å². The van der Waals surface area contributed by atoms with E-state index in [-0.39, 0.29) is 11.9 Å². The van der Waals surface area contributed by atoms with E-state index in [0.717, 1.165) is 12.8 Å². The van der Waals surface area contributed by atoms with Gasteiger partial charge in [0.1, 0.15) is 5.54 Å². The highest BCUT2D eigenvalue weighted by Gasteiger charge is 2.51. The number of amides is 3.